The molecular weight excluding hydrogens is 623 g/mol. The van der Waals surface area contributed by atoms with Crippen molar-refractivity contribution in [3.05, 3.63) is 95.9 Å². The number of rotatable bonds is 6. The molecule has 150 valence electrons. The van der Waals surface area contributed by atoms with Crippen molar-refractivity contribution in [3.8, 4) is 11.8 Å². The molecule has 0 saturated heterocycles. The number of carbonyl (C=O) groups is 1. The van der Waals surface area contributed by atoms with Gasteiger partial charge < -0.3 is 10.1 Å². The molecule has 3 rings (SSSR count). The van der Waals surface area contributed by atoms with E-state index in [-0.39, 0.29) is 5.57 Å². The lowest BCUT2D eigenvalue weighted by atomic mass is 10.1. The standard InChI is InChI=1S/C23H15Br2IN2O2/c24-18-11-16(12-19(25)22(18)30-14-15-6-2-1-3-7-15)10-17(13-27)23(29)28-21-9-5-4-8-20(21)26/h1-12H,14H2,(H,28,29)/b17-10+. The van der Waals surface area contributed by atoms with Gasteiger partial charge in [-0.2, -0.15) is 5.26 Å². The van der Waals surface area contributed by atoms with E-state index in [4.69, 9.17) is 4.74 Å². The molecule has 0 heterocycles. The molecule has 3 aromatic carbocycles. The quantitative estimate of drug-likeness (QED) is 0.181. The Hall–Kier alpha value is -2.15. The van der Waals surface area contributed by atoms with Gasteiger partial charge in [-0.3, -0.25) is 4.79 Å². The second-order valence-corrected chi connectivity index (χ2v) is 9.06. The Bertz CT molecular complexity index is 1120. The number of anilines is 1. The summed E-state index contributed by atoms with van der Waals surface area (Å²) in [6.45, 7) is 0.425. The van der Waals surface area contributed by atoms with Crippen LogP contribution >= 0.6 is 54.5 Å². The van der Waals surface area contributed by atoms with E-state index in [1.807, 2.05) is 66.7 Å². The van der Waals surface area contributed by atoms with Gasteiger partial charge >= 0.3 is 0 Å². The zero-order valence-corrected chi connectivity index (χ0v) is 20.9. The van der Waals surface area contributed by atoms with E-state index in [0.717, 1.165) is 18.1 Å². The SMILES string of the molecule is N#C/C(=C\c1cc(Br)c(OCc2ccccc2)c(Br)c1)C(=O)Nc1ccccc1I. The van der Waals surface area contributed by atoms with Crippen LogP contribution < -0.4 is 10.1 Å². The number of halogens is 3. The fourth-order valence-corrected chi connectivity index (χ4v) is 4.57. The van der Waals surface area contributed by atoms with Crippen LogP contribution in [0, 0.1) is 14.9 Å². The number of benzene rings is 3. The number of hydrogen-bond donors (Lipinski definition) is 1. The molecule has 4 nitrogen and oxygen atoms in total. The predicted molar refractivity (Wildman–Crippen MR) is 134 cm³/mol. The van der Waals surface area contributed by atoms with E-state index in [0.29, 0.717) is 23.6 Å². The van der Waals surface area contributed by atoms with Gasteiger partial charge in [0.25, 0.3) is 5.91 Å². The van der Waals surface area contributed by atoms with Crippen molar-refractivity contribution in [3.63, 3.8) is 0 Å². The average Bonchev–Trinajstić information content (AvgIpc) is 2.73. The van der Waals surface area contributed by atoms with Crippen molar-refractivity contribution in [2.45, 2.75) is 6.61 Å². The molecule has 0 spiro atoms. The zero-order valence-electron chi connectivity index (χ0n) is 15.5. The molecule has 0 unspecified atom stereocenters. The van der Waals surface area contributed by atoms with Gasteiger partial charge in [0, 0.05) is 3.57 Å². The van der Waals surface area contributed by atoms with Gasteiger partial charge in [0.2, 0.25) is 0 Å². The third kappa shape index (κ3) is 5.94. The van der Waals surface area contributed by atoms with Crippen LogP contribution in [0.1, 0.15) is 11.1 Å². The minimum atomic E-state index is -0.460. The first kappa shape index (κ1) is 22.5. The lowest BCUT2D eigenvalue weighted by Gasteiger charge is -2.12. The Morgan fingerprint density at radius 3 is 2.33 bits per heavy atom. The van der Waals surface area contributed by atoms with Crippen LogP contribution in [0.15, 0.2) is 81.2 Å². The number of amides is 1. The molecule has 30 heavy (non-hydrogen) atoms. The highest BCUT2D eigenvalue weighted by Gasteiger charge is 2.13. The summed E-state index contributed by atoms with van der Waals surface area (Å²) in [5.41, 5.74) is 2.41. The molecule has 0 aromatic heterocycles. The fraction of sp³-hybridized carbons (Fsp3) is 0.0435. The van der Waals surface area contributed by atoms with Gasteiger partial charge in [0.1, 0.15) is 24.0 Å². The number of nitrogens with zero attached hydrogens (tertiary/aromatic N) is 1. The van der Waals surface area contributed by atoms with E-state index in [2.05, 4.69) is 59.8 Å². The number of carbonyl (C=O) groups excluding carboxylic acids is 1. The smallest absolute Gasteiger partial charge is 0.266 e. The largest absolute Gasteiger partial charge is 0.487 e. The summed E-state index contributed by atoms with van der Waals surface area (Å²) < 4.78 is 8.25. The number of para-hydroxylation sites is 1. The lowest BCUT2D eigenvalue weighted by molar-refractivity contribution is -0.112. The van der Waals surface area contributed by atoms with Crippen molar-refractivity contribution in [1.29, 1.82) is 5.26 Å². The molecule has 1 N–H and O–H groups in total. The van der Waals surface area contributed by atoms with E-state index < -0.39 is 5.91 Å². The second kappa shape index (κ2) is 10.8. The minimum Gasteiger partial charge on any atom is -0.487 e. The Kier molecular flexibility index (Phi) is 8.08. The minimum absolute atomic E-state index is 0.00593. The summed E-state index contributed by atoms with van der Waals surface area (Å²) in [5, 5.41) is 12.3. The highest BCUT2D eigenvalue weighted by molar-refractivity contribution is 14.1. The number of ether oxygens (including phenoxy) is 1. The summed E-state index contributed by atoms with van der Waals surface area (Å²) in [6, 6.07) is 22.8. The van der Waals surface area contributed by atoms with E-state index in [9.17, 15) is 10.1 Å². The van der Waals surface area contributed by atoms with Crippen molar-refractivity contribution in [2.24, 2.45) is 0 Å². The molecule has 3 aromatic rings. The van der Waals surface area contributed by atoms with Crippen LogP contribution in [0.25, 0.3) is 6.08 Å². The third-order valence-corrected chi connectivity index (χ3v) is 6.16. The number of hydrogen-bond acceptors (Lipinski definition) is 3. The van der Waals surface area contributed by atoms with Crippen molar-refractivity contribution in [1.82, 2.24) is 0 Å². The number of nitrogens with one attached hydrogen (secondary N) is 1. The van der Waals surface area contributed by atoms with Crippen LogP contribution in [-0.2, 0) is 11.4 Å². The molecule has 0 aliphatic carbocycles. The average molecular weight is 638 g/mol. The van der Waals surface area contributed by atoms with Gasteiger partial charge in [0.15, 0.2) is 0 Å². The van der Waals surface area contributed by atoms with Gasteiger partial charge in [-0.05, 0) is 95.9 Å². The van der Waals surface area contributed by atoms with Crippen molar-refractivity contribution >= 4 is 72.1 Å². The summed E-state index contributed by atoms with van der Waals surface area (Å²) in [5.74, 6) is 0.191. The van der Waals surface area contributed by atoms with Crippen LogP contribution in [0.2, 0.25) is 0 Å². The fourth-order valence-electron chi connectivity index (χ4n) is 2.60. The maximum Gasteiger partial charge on any atom is 0.266 e. The van der Waals surface area contributed by atoms with E-state index in [1.165, 1.54) is 0 Å². The normalized spacial score (nSPS) is 10.9. The molecule has 0 saturated carbocycles. The molecule has 1 amide bonds. The van der Waals surface area contributed by atoms with Gasteiger partial charge in [-0.25, -0.2) is 0 Å². The Morgan fingerprint density at radius 2 is 1.70 bits per heavy atom. The summed E-state index contributed by atoms with van der Waals surface area (Å²) in [4.78, 5) is 12.5. The van der Waals surface area contributed by atoms with Crippen molar-refractivity contribution < 1.29 is 9.53 Å². The molecule has 0 bridgehead atoms. The van der Waals surface area contributed by atoms with Crippen LogP contribution in [0.5, 0.6) is 5.75 Å². The third-order valence-electron chi connectivity index (χ3n) is 4.04. The molecule has 0 atom stereocenters. The van der Waals surface area contributed by atoms with Gasteiger partial charge in [-0.1, -0.05) is 42.5 Å². The molecule has 7 heteroatoms. The summed E-state index contributed by atoms with van der Waals surface area (Å²) >= 11 is 9.16. The Balaban J connectivity index is 1.79. The topological polar surface area (TPSA) is 62.1 Å². The van der Waals surface area contributed by atoms with Gasteiger partial charge in [-0.15, -0.1) is 0 Å². The maximum atomic E-state index is 12.5. The van der Waals surface area contributed by atoms with E-state index in [1.54, 1.807) is 12.1 Å². The highest BCUT2D eigenvalue weighted by Crippen LogP contribution is 2.36. The van der Waals surface area contributed by atoms with Crippen LogP contribution in [0.4, 0.5) is 5.69 Å². The molecule has 0 aliphatic heterocycles. The lowest BCUT2D eigenvalue weighted by Crippen LogP contribution is -2.14. The molecule has 0 radical (unpaired) electrons. The second-order valence-electron chi connectivity index (χ2n) is 6.19. The summed E-state index contributed by atoms with van der Waals surface area (Å²) in [7, 11) is 0. The highest BCUT2D eigenvalue weighted by atomic mass is 127. The van der Waals surface area contributed by atoms with Crippen LogP contribution in [-0.4, -0.2) is 5.91 Å². The Labute approximate surface area is 205 Å². The first-order valence-electron chi connectivity index (χ1n) is 8.81. The first-order chi connectivity index (χ1) is 14.5. The Morgan fingerprint density at radius 1 is 1.07 bits per heavy atom. The van der Waals surface area contributed by atoms with Gasteiger partial charge in [0.05, 0.1) is 14.6 Å². The molecule has 0 fully saturated rings. The molecule has 0 aliphatic rings. The predicted octanol–water partition coefficient (Wildman–Crippen LogP) is 6.94. The van der Waals surface area contributed by atoms with Crippen LogP contribution in [0.3, 0.4) is 0 Å². The summed E-state index contributed by atoms with van der Waals surface area (Å²) in [6.07, 6.45) is 1.54. The monoisotopic (exact) mass is 636 g/mol. The van der Waals surface area contributed by atoms with Crippen molar-refractivity contribution in [2.75, 3.05) is 5.32 Å². The number of nitriles is 1. The molecular formula is C23H15Br2IN2O2. The maximum absolute atomic E-state index is 12.5. The van der Waals surface area contributed by atoms with E-state index >= 15 is 0 Å². The first-order valence-corrected chi connectivity index (χ1v) is 11.5. The zero-order chi connectivity index (χ0) is 21.5.